The summed E-state index contributed by atoms with van der Waals surface area (Å²) >= 11 is 0. The molecule has 0 bridgehead atoms. The maximum Gasteiger partial charge on any atom is 0.254 e. The van der Waals surface area contributed by atoms with Gasteiger partial charge in [-0.3, -0.25) is 4.79 Å². The van der Waals surface area contributed by atoms with Crippen LogP contribution in [0.15, 0.2) is 5.80 Å². The number of hydrogen-bond donors (Lipinski definition) is 1. The smallest absolute Gasteiger partial charge is 0.254 e. The number of carbonyl (C=O) groups is 1. The molecule has 5 nitrogen and oxygen atoms in total. The van der Waals surface area contributed by atoms with Gasteiger partial charge >= 0.3 is 0 Å². The van der Waals surface area contributed by atoms with E-state index in [0.29, 0.717) is 24.1 Å². The second-order valence-electron chi connectivity index (χ2n) is 5.09. The maximum absolute atomic E-state index is 11.6. The molecule has 110 valence electrons. The Hall–Kier alpha value is -1.66. The largest absolute Gasteiger partial charge is 0.490 e. The van der Waals surface area contributed by atoms with Crippen molar-refractivity contribution in [2.45, 2.75) is 46.2 Å². The third-order valence-electron chi connectivity index (χ3n) is 2.91. The molecule has 1 unspecified atom stereocenters. The zero-order valence-corrected chi connectivity index (χ0v) is 13.4. The fourth-order valence-electron chi connectivity index (χ4n) is 2.27. The van der Waals surface area contributed by atoms with E-state index in [0.717, 1.165) is 5.69 Å². The van der Waals surface area contributed by atoms with Gasteiger partial charge in [0.05, 0.1) is 23.5 Å². The molecule has 1 heterocycles. The highest BCUT2D eigenvalue weighted by Crippen LogP contribution is 2.42. The van der Waals surface area contributed by atoms with Gasteiger partial charge in [0.2, 0.25) is 0 Å². The van der Waals surface area contributed by atoms with Gasteiger partial charge in [0.15, 0.2) is 0 Å². The minimum Gasteiger partial charge on any atom is -0.490 e. The van der Waals surface area contributed by atoms with Crippen LogP contribution in [0.1, 0.15) is 44.2 Å². The zero-order valence-electron chi connectivity index (χ0n) is 12.4. The molecule has 0 spiro atoms. The number of amides is 1. The summed E-state index contributed by atoms with van der Waals surface area (Å²) in [5.41, 5.74) is 6.28. The summed E-state index contributed by atoms with van der Waals surface area (Å²) in [5.74, 6) is 2.17. The molecule has 1 aromatic heterocycles. The molecule has 0 aliphatic rings. The van der Waals surface area contributed by atoms with Crippen molar-refractivity contribution >= 4 is 19.8 Å². The maximum atomic E-state index is 11.6. The van der Waals surface area contributed by atoms with Crippen LogP contribution < -0.4 is 15.4 Å². The second-order valence-corrected chi connectivity index (χ2v) is 6.17. The van der Waals surface area contributed by atoms with Gasteiger partial charge in [-0.2, -0.15) is 5.26 Å². The molecule has 0 saturated carbocycles. The summed E-state index contributed by atoms with van der Waals surface area (Å²) in [4.78, 5) is 13.8. The lowest BCUT2D eigenvalue weighted by molar-refractivity contribution is 0.100. The van der Waals surface area contributed by atoms with E-state index in [-0.39, 0.29) is 20.3 Å². The Bertz CT molecular complexity index is 495. The van der Waals surface area contributed by atoms with Crippen LogP contribution in [0.2, 0.25) is 0 Å². The Kier molecular flexibility index (Phi) is 5.91. The summed E-state index contributed by atoms with van der Waals surface area (Å²) in [6.07, 6.45) is 0.322. The van der Waals surface area contributed by atoms with Gasteiger partial charge < -0.3 is 15.4 Å². The number of nitriles is 1. The van der Waals surface area contributed by atoms with E-state index in [4.69, 9.17) is 15.7 Å². The van der Waals surface area contributed by atoms with Crippen LogP contribution in [0.4, 0.5) is 5.69 Å². The monoisotopic (exact) mass is 295 g/mol. The topological polar surface area (TPSA) is 79.3 Å². The third kappa shape index (κ3) is 3.68. The number of primary amides is 1. The third-order valence-corrected chi connectivity index (χ3v) is 4.08. The molecular formula is C14H22N3O2P. The first-order valence-electron chi connectivity index (χ1n) is 6.69. The lowest BCUT2D eigenvalue weighted by atomic mass is 10.2. The van der Waals surface area contributed by atoms with Crippen LogP contribution in [0.25, 0.3) is 0 Å². The molecule has 0 saturated heterocycles. The predicted octanol–water partition coefficient (Wildman–Crippen LogP) is 2.73. The summed E-state index contributed by atoms with van der Waals surface area (Å²) in [7, 11) is 0.224. The molecule has 0 aromatic carbocycles. The van der Waals surface area contributed by atoms with Gasteiger partial charge in [-0.05, 0) is 33.5 Å². The molecular weight excluding hydrogens is 273 g/mol. The summed E-state index contributed by atoms with van der Waals surface area (Å²) in [6, 6.07) is 2.50. The van der Waals surface area contributed by atoms with Gasteiger partial charge in [-0.25, -0.2) is 0 Å². The van der Waals surface area contributed by atoms with Crippen molar-refractivity contribution < 1.29 is 9.53 Å². The minimum atomic E-state index is -0.403. The molecule has 6 heteroatoms. The van der Waals surface area contributed by atoms with Crippen LogP contribution in [0.3, 0.4) is 0 Å². The summed E-state index contributed by atoms with van der Waals surface area (Å²) in [6.45, 7) is 8.60. The van der Waals surface area contributed by atoms with E-state index in [1.165, 1.54) is 0 Å². The predicted molar refractivity (Wildman–Crippen MR) is 82.9 cm³/mol. The van der Waals surface area contributed by atoms with E-state index in [9.17, 15) is 4.79 Å². The first-order chi connectivity index (χ1) is 9.40. The molecule has 0 aliphatic heterocycles. The molecule has 20 heavy (non-hydrogen) atoms. The number of ether oxygens (including phenoxy) is 1. The van der Waals surface area contributed by atoms with Crippen LogP contribution in [0, 0.1) is 11.3 Å². The first-order valence-corrected chi connectivity index (χ1v) is 7.77. The Balaban J connectivity index is 3.20. The molecule has 1 rings (SSSR count). The summed E-state index contributed by atoms with van der Waals surface area (Å²) in [5, 5.41) is 9.20. The van der Waals surface area contributed by atoms with Crippen molar-refractivity contribution in [1.82, 2.24) is 0 Å². The van der Waals surface area contributed by atoms with Crippen molar-refractivity contribution in [3.05, 3.63) is 11.1 Å². The lowest BCUT2D eigenvalue weighted by Gasteiger charge is -2.33. The molecule has 1 amide bonds. The van der Waals surface area contributed by atoms with Crippen molar-refractivity contribution in [2.75, 3.05) is 11.5 Å². The lowest BCUT2D eigenvalue weighted by Crippen LogP contribution is -2.38. The fraction of sp³-hybridized carbons (Fsp3) is 0.571. The van der Waals surface area contributed by atoms with Crippen LogP contribution in [-0.4, -0.2) is 24.6 Å². The molecule has 1 atom stereocenters. The molecule has 0 fully saturated rings. The van der Waals surface area contributed by atoms with Gasteiger partial charge in [0.25, 0.3) is 5.91 Å². The Labute approximate surface area is 121 Å². The number of nitrogens with two attached hydrogens (primary N) is 1. The number of rotatable bonds is 7. The minimum absolute atomic E-state index is 0.224. The number of carbonyl (C=O) groups excluding carboxylic acids is 1. The summed E-state index contributed by atoms with van der Waals surface area (Å²) < 4.78 is 5.66. The highest BCUT2D eigenvalue weighted by Gasteiger charge is 2.25. The normalized spacial score (nSPS) is 11.1. The Morgan fingerprint density at radius 1 is 1.45 bits per heavy atom. The molecule has 2 N–H and O–H groups in total. The SMILES string of the molecule is CC(C)N(c1c(OCCC#N)c[pH]c1C(N)=O)C(C)C. The highest BCUT2D eigenvalue weighted by atomic mass is 31.0. The highest BCUT2D eigenvalue weighted by molar-refractivity contribution is 7.32. The van der Waals surface area contributed by atoms with E-state index < -0.39 is 5.91 Å². The fourth-order valence-corrected chi connectivity index (χ4v) is 3.30. The zero-order chi connectivity index (χ0) is 15.3. The molecule has 0 radical (unpaired) electrons. The van der Waals surface area contributed by atoms with Crippen molar-refractivity contribution in [3.8, 4) is 11.8 Å². The van der Waals surface area contributed by atoms with Gasteiger partial charge in [0, 0.05) is 12.1 Å². The average molecular weight is 295 g/mol. The van der Waals surface area contributed by atoms with E-state index in [2.05, 4.69) is 32.6 Å². The second kappa shape index (κ2) is 7.21. The standard InChI is InChI=1S/C14H22N3O2P/c1-9(2)17(10(3)4)12-11(19-7-5-6-15)8-20-13(12)14(16)18/h8-10,20H,5,7H2,1-4H3,(H2,16,18). The van der Waals surface area contributed by atoms with E-state index in [1.54, 1.807) is 0 Å². The van der Waals surface area contributed by atoms with Crippen LogP contribution in [0.5, 0.6) is 5.75 Å². The van der Waals surface area contributed by atoms with Crippen LogP contribution in [-0.2, 0) is 0 Å². The molecule has 1 aromatic rings. The molecule has 0 aliphatic carbocycles. The van der Waals surface area contributed by atoms with Crippen molar-refractivity contribution in [2.24, 2.45) is 5.73 Å². The number of anilines is 1. The van der Waals surface area contributed by atoms with E-state index in [1.807, 2.05) is 11.9 Å². The number of hydrogen-bond acceptors (Lipinski definition) is 4. The van der Waals surface area contributed by atoms with Gasteiger partial charge in [-0.15, -0.1) is 8.19 Å². The van der Waals surface area contributed by atoms with E-state index >= 15 is 0 Å². The Morgan fingerprint density at radius 3 is 2.50 bits per heavy atom. The Morgan fingerprint density at radius 2 is 2.05 bits per heavy atom. The quantitative estimate of drug-likeness (QED) is 0.784. The van der Waals surface area contributed by atoms with Crippen molar-refractivity contribution in [1.29, 1.82) is 5.26 Å². The van der Waals surface area contributed by atoms with Crippen LogP contribution >= 0.6 is 8.19 Å². The number of nitrogens with zero attached hydrogens (tertiary/aromatic N) is 2. The van der Waals surface area contributed by atoms with Crippen molar-refractivity contribution in [3.63, 3.8) is 0 Å². The first kappa shape index (κ1) is 16.4. The van der Waals surface area contributed by atoms with Gasteiger partial charge in [-0.1, -0.05) is 0 Å². The van der Waals surface area contributed by atoms with Gasteiger partial charge in [0.1, 0.15) is 12.4 Å². The average Bonchev–Trinajstić information content (AvgIpc) is 2.73.